The van der Waals surface area contributed by atoms with Gasteiger partial charge in [0.1, 0.15) is 17.3 Å². The number of urea groups is 1. The van der Waals surface area contributed by atoms with Crippen molar-refractivity contribution in [3.8, 4) is 11.5 Å². The minimum Gasteiger partial charge on any atom is -0.497 e. The summed E-state index contributed by atoms with van der Waals surface area (Å²) in [6.07, 6.45) is 3.50. The Morgan fingerprint density at radius 2 is 2.17 bits per heavy atom. The Labute approximate surface area is 135 Å². The Kier molecular flexibility index (Phi) is 4.41. The number of hydrogen-bond acceptors (Lipinski definition) is 4. The zero-order valence-electron chi connectivity index (χ0n) is 13.2. The molecule has 1 aliphatic heterocycles. The van der Waals surface area contributed by atoms with Gasteiger partial charge in [0.05, 0.1) is 32.2 Å². The van der Waals surface area contributed by atoms with Gasteiger partial charge in [0.15, 0.2) is 0 Å². The third-order valence-electron chi connectivity index (χ3n) is 4.04. The fourth-order valence-electron chi connectivity index (χ4n) is 2.88. The van der Waals surface area contributed by atoms with Crippen molar-refractivity contribution >= 4 is 11.7 Å². The number of nitrogens with zero attached hydrogens (tertiary/aromatic N) is 1. The van der Waals surface area contributed by atoms with Crippen molar-refractivity contribution in [2.75, 3.05) is 26.1 Å². The molecule has 0 unspecified atom stereocenters. The molecule has 1 fully saturated rings. The molecule has 2 heterocycles. The summed E-state index contributed by atoms with van der Waals surface area (Å²) in [6, 6.07) is 8.87. The van der Waals surface area contributed by atoms with Gasteiger partial charge in [-0.25, -0.2) is 4.79 Å². The van der Waals surface area contributed by atoms with Crippen LogP contribution in [0.4, 0.5) is 10.5 Å². The van der Waals surface area contributed by atoms with E-state index < -0.39 is 0 Å². The number of ether oxygens (including phenoxy) is 2. The number of methoxy groups -OCH3 is 2. The number of benzene rings is 1. The van der Waals surface area contributed by atoms with E-state index in [-0.39, 0.29) is 12.1 Å². The fourth-order valence-corrected chi connectivity index (χ4v) is 2.88. The van der Waals surface area contributed by atoms with Crippen LogP contribution in [0, 0.1) is 0 Å². The van der Waals surface area contributed by atoms with Crippen molar-refractivity contribution in [3.05, 3.63) is 42.4 Å². The molecule has 6 heteroatoms. The van der Waals surface area contributed by atoms with Gasteiger partial charge in [0.2, 0.25) is 0 Å². The molecule has 1 aromatic carbocycles. The highest BCUT2D eigenvalue weighted by molar-refractivity contribution is 5.91. The monoisotopic (exact) mass is 316 g/mol. The average molecular weight is 316 g/mol. The van der Waals surface area contributed by atoms with E-state index in [2.05, 4.69) is 5.32 Å². The molecular formula is C17H20N2O4. The molecule has 1 N–H and O–H groups in total. The summed E-state index contributed by atoms with van der Waals surface area (Å²) in [5, 5.41) is 2.91. The Hall–Kier alpha value is -2.63. The largest absolute Gasteiger partial charge is 0.497 e. The number of furan rings is 1. The van der Waals surface area contributed by atoms with E-state index in [0.29, 0.717) is 23.7 Å². The SMILES string of the molecule is COc1ccc(NC(=O)N2CCC[C@@H]2c2ccco2)c(OC)c1. The first-order valence-corrected chi connectivity index (χ1v) is 7.56. The highest BCUT2D eigenvalue weighted by Gasteiger charge is 2.32. The third-order valence-corrected chi connectivity index (χ3v) is 4.04. The van der Waals surface area contributed by atoms with E-state index >= 15 is 0 Å². The van der Waals surface area contributed by atoms with Crippen LogP contribution in [-0.2, 0) is 0 Å². The lowest BCUT2D eigenvalue weighted by atomic mass is 10.2. The van der Waals surface area contributed by atoms with Crippen molar-refractivity contribution < 1.29 is 18.7 Å². The molecule has 3 rings (SSSR count). The maximum absolute atomic E-state index is 12.6. The van der Waals surface area contributed by atoms with Gasteiger partial charge < -0.3 is 24.1 Å². The smallest absolute Gasteiger partial charge is 0.322 e. The molecule has 122 valence electrons. The van der Waals surface area contributed by atoms with Crippen molar-refractivity contribution in [3.63, 3.8) is 0 Å². The quantitative estimate of drug-likeness (QED) is 0.935. The van der Waals surface area contributed by atoms with Gasteiger partial charge in [-0.1, -0.05) is 0 Å². The van der Waals surface area contributed by atoms with Crippen LogP contribution in [-0.4, -0.2) is 31.7 Å². The Bertz CT molecular complexity index is 669. The average Bonchev–Trinajstić information content (AvgIpc) is 3.25. The van der Waals surface area contributed by atoms with E-state index in [1.807, 2.05) is 12.1 Å². The molecule has 0 aliphatic carbocycles. The molecule has 1 aromatic heterocycles. The predicted molar refractivity (Wildman–Crippen MR) is 86.0 cm³/mol. The molecule has 1 atom stereocenters. The van der Waals surface area contributed by atoms with Crippen LogP contribution >= 0.6 is 0 Å². The number of amides is 2. The van der Waals surface area contributed by atoms with E-state index in [9.17, 15) is 4.79 Å². The van der Waals surface area contributed by atoms with Crippen LogP contribution in [0.25, 0.3) is 0 Å². The second kappa shape index (κ2) is 6.64. The first-order chi connectivity index (χ1) is 11.2. The number of nitrogens with one attached hydrogen (secondary N) is 1. The van der Waals surface area contributed by atoms with Crippen molar-refractivity contribution in [1.82, 2.24) is 4.90 Å². The minimum atomic E-state index is -0.160. The van der Waals surface area contributed by atoms with Crippen LogP contribution in [0.2, 0.25) is 0 Å². The molecule has 0 bridgehead atoms. The van der Waals surface area contributed by atoms with E-state index in [0.717, 1.165) is 18.6 Å². The molecule has 1 saturated heterocycles. The minimum absolute atomic E-state index is 0.0192. The molecular weight excluding hydrogens is 296 g/mol. The highest BCUT2D eigenvalue weighted by atomic mass is 16.5. The standard InChI is InChI=1S/C17H20N2O4/c1-21-12-7-8-13(16(11-12)22-2)18-17(20)19-9-3-5-14(19)15-6-4-10-23-15/h4,6-8,10-11,14H,3,5,9H2,1-2H3,(H,18,20)/t14-/m1/s1. The van der Waals surface area contributed by atoms with E-state index in [4.69, 9.17) is 13.9 Å². The second-order valence-corrected chi connectivity index (χ2v) is 5.36. The van der Waals surface area contributed by atoms with E-state index in [1.165, 1.54) is 0 Å². The lowest BCUT2D eigenvalue weighted by Crippen LogP contribution is -2.34. The second-order valence-electron chi connectivity index (χ2n) is 5.36. The van der Waals surface area contributed by atoms with Gasteiger partial charge in [-0.15, -0.1) is 0 Å². The maximum Gasteiger partial charge on any atom is 0.322 e. The number of anilines is 1. The predicted octanol–water partition coefficient (Wildman–Crippen LogP) is 3.67. The molecule has 1 aliphatic rings. The number of carbonyl (C=O) groups is 1. The molecule has 2 amide bonds. The van der Waals surface area contributed by atoms with Gasteiger partial charge in [-0.05, 0) is 37.1 Å². The molecule has 2 aromatic rings. The van der Waals surface area contributed by atoms with Crippen LogP contribution in [0.5, 0.6) is 11.5 Å². The van der Waals surface area contributed by atoms with Gasteiger partial charge in [0, 0.05) is 12.6 Å². The summed E-state index contributed by atoms with van der Waals surface area (Å²) >= 11 is 0. The molecule has 6 nitrogen and oxygen atoms in total. The maximum atomic E-state index is 12.6. The van der Waals surface area contributed by atoms with Gasteiger partial charge in [-0.3, -0.25) is 0 Å². The van der Waals surface area contributed by atoms with Crippen molar-refractivity contribution in [2.24, 2.45) is 0 Å². The van der Waals surface area contributed by atoms with Crippen LogP contribution in [0.1, 0.15) is 24.6 Å². The van der Waals surface area contributed by atoms with Gasteiger partial charge >= 0.3 is 6.03 Å². The summed E-state index contributed by atoms with van der Waals surface area (Å²) in [6.45, 7) is 0.704. The first kappa shape index (κ1) is 15.3. The Morgan fingerprint density at radius 1 is 1.30 bits per heavy atom. The number of carbonyl (C=O) groups excluding carboxylic acids is 1. The molecule has 0 saturated carbocycles. The Morgan fingerprint density at radius 3 is 2.87 bits per heavy atom. The lowest BCUT2D eigenvalue weighted by molar-refractivity contribution is 0.199. The zero-order chi connectivity index (χ0) is 16.2. The molecule has 0 radical (unpaired) electrons. The fraction of sp³-hybridized carbons (Fsp3) is 0.353. The van der Waals surface area contributed by atoms with Crippen molar-refractivity contribution in [2.45, 2.75) is 18.9 Å². The summed E-state index contributed by atoms with van der Waals surface area (Å²) in [4.78, 5) is 14.4. The van der Waals surface area contributed by atoms with Gasteiger partial charge in [-0.2, -0.15) is 0 Å². The van der Waals surface area contributed by atoms with Gasteiger partial charge in [0.25, 0.3) is 0 Å². The van der Waals surface area contributed by atoms with Crippen LogP contribution in [0.15, 0.2) is 41.0 Å². The topological polar surface area (TPSA) is 63.9 Å². The summed E-state index contributed by atoms with van der Waals surface area (Å²) in [5.74, 6) is 2.06. The number of rotatable bonds is 4. The number of hydrogen-bond donors (Lipinski definition) is 1. The molecule has 23 heavy (non-hydrogen) atoms. The third kappa shape index (κ3) is 3.11. The van der Waals surface area contributed by atoms with E-state index in [1.54, 1.807) is 43.6 Å². The normalized spacial score (nSPS) is 17.1. The molecule has 0 spiro atoms. The number of likely N-dealkylation sites (tertiary alicyclic amines) is 1. The van der Waals surface area contributed by atoms with Crippen LogP contribution < -0.4 is 14.8 Å². The first-order valence-electron chi connectivity index (χ1n) is 7.56. The summed E-state index contributed by atoms with van der Waals surface area (Å²) in [7, 11) is 3.15. The zero-order valence-corrected chi connectivity index (χ0v) is 13.2. The van der Waals surface area contributed by atoms with Crippen molar-refractivity contribution in [1.29, 1.82) is 0 Å². The lowest BCUT2D eigenvalue weighted by Gasteiger charge is -2.24. The highest BCUT2D eigenvalue weighted by Crippen LogP contribution is 2.34. The summed E-state index contributed by atoms with van der Waals surface area (Å²) in [5.41, 5.74) is 0.614. The van der Waals surface area contributed by atoms with Crippen LogP contribution in [0.3, 0.4) is 0 Å². The Balaban J connectivity index is 1.76. The summed E-state index contributed by atoms with van der Waals surface area (Å²) < 4.78 is 15.9.